The molecule has 0 saturated heterocycles. The lowest BCUT2D eigenvalue weighted by Gasteiger charge is -2.07. The lowest BCUT2D eigenvalue weighted by molar-refractivity contribution is 1.00. The topological polar surface area (TPSA) is 107 Å². The number of para-hydroxylation sites is 2. The second kappa shape index (κ2) is 8.67. The number of aromatic nitrogens is 6. The molecular weight excluding hydrogens is 424 g/mol. The van der Waals surface area contributed by atoms with E-state index in [0.29, 0.717) is 5.65 Å². The zero-order chi connectivity index (χ0) is 22.7. The van der Waals surface area contributed by atoms with E-state index < -0.39 is 0 Å². The summed E-state index contributed by atoms with van der Waals surface area (Å²) in [5.74, 6) is 2.27. The molecule has 3 heterocycles. The Balaban J connectivity index is 1.10. The second-order valence-electron chi connectivity index (χ2n) is 7.97. The Hall–Kier alpha value is -4.72. The van der Waals surface area contributed by atoms with Gasteiger partial charge in [-0.1, -0.05) is 54.6 Å². The molecule has 3 aromatic carbocycles. The van der Waals surface area contributed by atoms with Crippen molar-refractivity contribution >= 4 is 39.7 Å². The van der Waals surface area contributed by atoms with E-state index in [9.17, 15) is 0 Å². The maximum Gasteiger partial charge on any atom is 0.205 e. The first-order valence-corrected chi connectivity index (χ1v) is 11.1. The minimum Gasteiger partial charge on any atom is -0.368 e. The van der Waals surface area contributed by atoms with Gasteiger partial charge in [-0.15, -0.1) is 0 Å². The summed E-state index contributed by atoms with van der Waals surface area (Å²) < 4.78 is 0. The molecule has 0 unspecified atom stereocenters. The van der Waals surface area contributed by atoms with E-state index in [1.165, 1.54) is 5.56 Å². The van der Waals surface area contributed by atoms with Crippen LogP contribution in [-0.2, 0) is 6.42 Å². The highest BCUT2D eigenvalue weighted by Gasteiger charge is 2.10. The van der Waals surface area contributed by atoms with Gasteiger partial charge in [0.2, 0.25) is 5.95 Å². The Kier molecular flexibility index (Phi) is 5.08. The van der Waals surface area contributed by atoms with Crippen molar-refractivity contribution in [2.75, 3.05) is 17.2 Å². The Morgan fingerprint density at radius 1 is 0.765 bits per heavy atom. The molecule has 6 rings (SSSR count). The molecule has 0 fully saturated rings. The van der Waals surface area contributed by atoms with Crippen LogP contribution in [0.3, 0.4) is 0 Å². The van der Waals surface area contributed by atoms with Gasteiger partial charge in [-0.3, -0.25) is 0 Å². The van der Waals surface area contributed by atoms with Crippen LogP contribution < -0.4 is 10.6 Å². The van der Waals surface area contributed by atoms with Gasteiger partial charge in [-0.2, -0.15) is 0 Å². The summed E-state index contributed by atoms with van der Waals surface area (Å²) in [6.45, 7) is 0.738. The van der Waals surface area contributed by atoms with Crippen LogP contribution in [0.1, 0.15) is 5.56 Å². The molecule has 0 atom stereocenters. The molecule has 0 aliphatic heterocycles. The molecule has 4 N–H and O–H groups in total. The molecule has 0 radical (unpaired) electrons. The molecule has 0 spiro atoms. The first kappa shape index (κ1) is 19.9. The number of fused-ring (bicyclic) bond motifs is 2. The number of hydrogen-bond acceptors (Lipinski definition) is 6. The highest BCUT2D eigenvalue weighted by atomic mass is 15.1. The number of hydrogen-bond donors (Lipinski definition) is 4. The van der Waals surface area contributed by atoms with Crippen LogP contribution in [0.15, 0.2) is 85.2 Å². The maximum absolute atomic E-state index is 4.61. The van der Waals surface area contributed by atoms with E-state index in [-0.39, 0.29) is 0 Å². The minimum atomic E-state index is 0.650. The standard InChI is InChI=1S/C26H22N8/c1-2-6-18(7-3-1)23-33-22-24(28-16-29-25(22)34-23)27-15-14-17-10-12-19(13-11-17)30-26-31-20-8-4-5-9-21(20)32-26/h1-13,16H,14-15H2,(H2,30,31,32)(H2,27,28,29,33,34). The molecule has 0 aliphatic carbocycles. The quantitative estimate of drug-likeness (QED) is 0.265. The number of benzene rings is 3. The van der Waals surface area contributed by atoms with Gasteiger partial charge < -0.3 is 20.6 Å². The molecule has 8 nitrogen and oxygen atoms in total. The van der Waals surface area contributed by atoms with Gasteiger partial charge in [-0.25, -0.2) is 19.9 Å². The predicted molar refractivity (Wildman–Crippen MR) is 135 cm³/mol. The van der Waals surface area contributed by atoms with Crippen LogP contribution in [-0.4, -0.2) is 36.4 Å². The Labute approximate surface area is 195 Å². The van der Waals surface area contributed by atoms with Crippen molar-refractivity contribution in [3.05, 3.63) is 90.8 Å². The van der Waals surface area contributed by atoms with Crippen molar-refractivity contribution in [1.82, 2.24) is 29.9 Å². The monoisotopic (exact) mass is 446 g/mol. The number of anilines is 3. The summed E-state index contributed by atoms with van der Waals surface area (Å²) in [5, 5.41) is 6.75. The molecule has 0 bridgehead atoms. The largest absolute Gasteiger partial charge is 0.368 e. The van der Waals surface area contributed by atoms with Crippen LogP contribution in [0.4, 0.5) is 17.5 Å². The van der Waals surface area contributed by atoms with Crippen LogP contribution in [0.2, 0.25) is 0 Å². The van der Waals surface area contributed by atoms with E-state index in [2.05, 4.69) is 64.8 Å². The highest BCUT2D eigenvalue weighted by molar-refractivity contribution is 5.85. The molecule has 0 saturated carbocycles. The van der Waals surface area contributed by atoms with Crippen LogP contribution in [0.5, 0.6) is 0 Å². The normalized spacial score (nSPS) is 11.2. The van der Waals surface area contributed by atoms with Crippen molar-refractivity contribution < 1.29 is 0 Å². The summed E-state index contributed by atoms with van der Waals surface area (Å²) >= 11 is 0. The fourth-order valence-electron chi connectivity index (χ4n) is 3.92. The predicted octanol–water partition coefficient (Wildman–Crippen LogP) is 5.29. The van der Waals surface area contributed by atoms with Gasteiger partial charge in [-0.05, 0) is 36.2 Å². The molecule has 8 heteroatoms. The molecule has 6 aromatic rings. The molecular formula is C26H22N8. The van der Waals surface area contributed by atoms with Crippen molar-refractivity contribution in [3.8, 4) is 11.4 Å². The van der Waals surface area contributed by atoms with Gasteiger partial charge in [0.15, 0.2) is 11.5 Å². The number of aromatic amines is 2. The molecule has 3 aromatic heterocycles. The molecule has 0 amide bonds. The number of rotatable bonds is 7. The van der Waals surface area contributed by atoms with E-state index in [4.69, 9.17) is 0 Å². The third-order valence-corrected chi connectivity index (χ3v) is 5.65. The van der Waals surface area contributed by atoms with E-state index in [1.54, 1.807) is 6.33 Å². The third kappa shape index (κ3) is 4.04. The Morgan fingerprint density at radius 3 is 2.44 bits per heavy atom. The average molecular weight is 447 g/mol. The summed E-state index contributed by atoms with van der Waals surface area (Å²) in [6, 6.07) is 26.3. The van der Waals surface area contributed by atoms with E-state index in [1.807, 2.05) is 54.6 Å². The van der Waals surface area contributed by atoms with Gasteiger partial charge in [0.05, 0.1) is 11.0 Å². The lowest BCUT2D eigenvalue weighted by atomic mass is 10.1. The fourth-order valence-corrected chi connectivity index (χ4v) is 3.92. The van der Waals surface area contributed by atoms with Gasteiger partial charge in [0.1, 0.15) is 17.7 Å². The van der Waals surface area contributed by atoms with Gasteiger partial charge in [0.25, 0.3) is 0 Å². The Bertz CT molecular complexity index is 1520. The molecule has 166 valence electrons. The fraction of sp³-hybridized carbons (Fsp3) is 0.0769. The Morgan fingerprint density at radius 2 is 1.59 bits per heavy atom. The summed E-state index contributed by atoms with van der Waals surface area (Å²) in [5.41, 5.74) is 6.65. The first-order chi connectivity index (χ1) is 16.8. The number of H-pyrrole nitrogens is 2. The SMILES string of the molecule is c1ccc(-c2nc3ncnc(NCCc4ccc(Nc5nc6ccccc6[nH]5)cc4)c3[nH]2)cc1. The van der Waals surface area contributed by atoms with Gasteiger partial charge in [0, 0.05) is 17.8 Å². The van der Waals surface area contributed by atoms with E-state index >= 15 is 0 Å². The number of nitrogens with zero attached hydrogens (tertiary/aromatic N) is 4. The van der Waals surface area contributed by atoms with Crippen LogP contribution in [0, 0.1) is 0 Å². The minimum absolute atomic E-state index is 0.650. The second-order valence-corrected chi connectivity index (χ2v) is 7.97. The zero-order valence-corrected chi connectivity index (χ0v) is 18.3. The summed E-state index contributed by atoms with van der Waals surface area (Å²) in [4.78, 5) is 24.5. The smallest absolute Gasteiger partial charge is 0.205 e. The van der Waals surface area contributed by atoms with Crippen LogP contribution in [0.25, 0.3) is 33.6 Å². The summed E-state index contributed by atoms with van der Waals surface area (Å²) in [7, 11) is 0. The van der Waals surface area contributed by atoms with Crippen LogP contribution >= 0.6 is 0 Å². The molecule has 0 aliphatic rings. The highest BCUT2D eigenvalue weighted by Crippen LogP contribution is 2.23. The lowest BCUT2D eigenvalue weighted by Crippen LogP contribution is -2.07. The number of nitrogens with one attached hydrogen (secondary N) is 4. The van der Waals surface area contributed by atoms with Crippen molar-refractivity contribution in [2.24, 2.45) is 0 Å². The van der Waals surface area contributed by atoms with Crippen molar-refractivity contribution in [1.29, 1.82) is 0 Å². The maximum atomic E-state index is 4.61. The molecule has 34 heavy (non-hydrogen) atoms. The van der Waals surface area contributed by atoms with Crippen molar-refractivity contribution in [2.45, 2.75) is 6.42 Å². The summed E-state index contributed by atoms with van der Waals surface area (Å²) in [6.07, 6.45) is 2.40. The third-order valence-electron chi connectivity index (χ3n) is 5.65. The zero-order valence-electron chi connectivity index (χ0n) is 18.3. The van der Waals surface area contributed by atoms with E-state index in [0.717, 1.165) is 58.4 Å². The number of imidazole rings is 2. The van der Waals surface area contributed by atoms with Crippen molar-refractivity contribution in [3.63, 3.8) is 0 Å². The average Bonchev–Trinajstić information content (AvgIpc) is 3.50. The van der Waals surface area contributed by atoms with Gasteiger partial charge >= 0.3 is 0 Å². The first-order valence-electron chi connectivity index (χ1n) is 11.1.